The Morgan fingerprint density at radius 2 is 2.10 bits per heavy atom. The maximum atomic E-state index is 13.4. The maximum absolute atomic E-state index is 13.4. The van der Waals surface area contributed by atoms with Gasteiger partial charge in [-0.15, -0.1) is 0 Å². The first-order valence-electron chi connectivity index (χ1n) is 6.13. The predicted molar refractivity (Wildman–Crippen MR) is 73.4 cm³/mol. The van der Waals surface area contributed by atoms with Crippen molar-refractivity contribution in [2.45, 2.75) is 20.4 Å². The summed E-state index contributed by atoms with van der Waals surface area (Å²) in [6, 6.07) is 5.75. The molecule has 0 aliphatic rings. The number of para-hydroxylation sites is 1. The molecule has 0 bridgehead atoms. The van der Waals surface area contributed by atoms with Gasteiger partial charge in [-0.1, -0.05) is 12.1 Å². The van der Waals surface area contributed by atoms with Crippen LogP contribution in [0.15, 0.2) is 24.3 Å². The predicted octanol–water partition coefficient (Wildman–Crippen LogP) is 2.19. The Balaban J connectivity index is 2.16. The second-order valence-electron chi connectivity index (χ2n) is 4.46. The van der Waals surface area contributed by atoms with Crippen LogP contribution in [0.2, 0.25) is 0 Å². The van der Waals surface area contributed by atoms with Crippen LogP contribution in [-0.4, -0.2) is 20.6 Å². The Bertz CT molecular complexity index is 711. The van der Waals surface area contributed by atoms with Gasteiger partial charge in [-0.05, 0) is 26.0 Å². The molecule has 0 atom stereocenters. The van der Waals surface area contributed by atoms with Gasteiger partial charge in [0.25, 0.3) is 0 Å². The number of benzene rings is 1. The maximum Gasteiger partial charge on any atom is 0.312 e. The number of nitrogens with one attached hydrogen (secondary N) is 1. The smallest absolute Gasteiger partial charge is 0.312 e. The highest BCUT2D eigenvalue weighted by atomic mass is 19.1. The molecule has 0 radical (unpaired) electrons. The van der Waals surface area contributed by atoms with E-state index in [-0.39, 0.29) is 29.3 Å². The van der Waals surface area contributed by atoms with Gasteiger partial charge in [0.15, 0.2) is 0 Å². The van der Waals surface area contributed by atoms with E-state index in [2.05, 4.69) is 10.4 Å². The van der Waals surface area contributed by atoms with Gasteiger partial charge >= 0.3 is 5.69 Å². The Labute approximate surface area is 119 Å². The summed E-state index contributed by atoms with van der Waals surface area (Å²) in [6.07, 6.45) is 0. The summed E-state index contributed by atoms with van der Waals surface area (Å²) in [7, 11) is 0. The zero-order valence-corrected chi connectivity index (χ0v) is 11.5. The molecule has 1 aromatic heterocycles. The summed E-state index contributed by atoms with van der Waals surface area (Å²) in [5.74, 6) is -1.06. The summed E-state index contributed by atoms with van der Waals surface area (Å²) >= 11 is 0. The first kappa shape index (κ1) is 14.6. The van der Waals surface area contributed by atoms with E-state index in [0.717, 1.165) is 0 Å². The quantitative estimate of drug-likeness (QED) is 0.690. The van der Waals surface area contributed by atoms with Crippen molar-refractivity contribution in [1.29, 1.82) is 0 Å². The van der Waals surface area contributed by atoms with Crippen molar-refractivity contribution in [3.05, 3.63) is 51.6 Å². The van der Waals surface area contributed by atoms with E-state index >= 15 is 0 Å². The summed E-state index contributed by atoms with van der Waals surface area (Å²) in [6.45, 7) is 2.78. The highest BCUT2D eigenvalue weighted by Crippen LogP contribution is 2.21. The molecule has 0 aliphatic carbocycles. The number of halogens is 1. The molecule has 0 aliphatic heterocycles. The fourth-order valence-corrected chi connectivity index (χ4v) is 1.99. The van der Waals surface area contributed by atoms with Gasteiger partial charge in [0, 0.05) is 0 Å². The zero-order chi connectivity index (χ0) is 15.6. The lowest BCUT2D eigenvalue weighted by Gasteiger charge is -2.07. The van der Waals surface area contributed by atoms with E-state index in [9.17, 15) is 19.3 Å². The molecule has 1 amide bonds. The Hall–Kier alpha value is -2.77. The summed E-state index contributed by atoms with van der Waals surface area (Å²) < 4.78 is 14.6. The zero-order valence-electron chi connectivity index (χ0n) is 11.5. The molecule has 1 heterocycles. The van der Waals surface area contributed by atoms with Gasteiger partial charge in [0.1, 0.15) is 23.7 Å². The van der Waals surface area contributed by atoms with E-state index in [1.54, 1.807) is 6.07 Å². The highest BCUT2D eigenvalue weighted by Gasteiger charge is 2.22. The van der Waals surface area contributed by atoms with Crippen molar-refractivity contribution < 1.29 is 14.1 Å². The van der Waals surface area contributed by atoms with E-state index in [1.807, 2.05) is 0 Å². The van der Waals surface area contributed by atoms with E-state index in [1.165, 1.54) is 36.7 Å². The minimum absolute atomic E-state index is 0.0542. The van der Waals surface area contributed by atoms with Crippen LogP contribution in [0, 0.1) is 29.8 Å². The topological polar surface area (TPSA) is 90.1 Å². The SMILES string of the molecule is Cc1nn(CC(=O)Nc2ccccc2F)c(C)c1[N+](=O)[O-]. The molecule has 0 saturated carbocycles. The van der Waals surface area contributed by atoms with Crippen molar-refractivity contribution >= 4 is 17.3 Å². The number of anilines is 1. The Morgan fingerprint density at radius 1 is 1.43 bits per heavy atom. The fraction of sp³-hybridized carbons (Fsp3) is 0.231. The van der Waals surface area contributed by atoms with Gasteiger partial charge < -0.3 is 5.32 Å². The molecule has 0 spiro atoms. The number of aryl methyl sites for hydroxylation is 1. The largest absolute Gasteiger partial charge is 0.322 e. The van der Waals surface area contributed by atoms with E-state index in [4.69, 9.17) is 0 Å². The first-order valence-corrected chi connectivity index (χ1v) is 6.13. The summed E-state index contributed by atoms with van der Waals surface area (Å²) in [4.78, 5) is 22.2. The number of nitro groups is 1. The number of aromatic nitrogens is 2. The van der Waals surface area contributed by atoms with Gasteiger partial charge in [-0.25, -0.2) is 4.39 Å². The third kappa shape index (κ3) is 3.04. The van der Waals surface area contributed by atoms with Crippen molar-refractivity contribution in [2.24, 2.45) is 0 Å². The molecule has 2 rings (SSSR count). The number of hydrogen-bond acceptors (Lipinski definition) is 4. The van der Waals surface area contributed by atoms with Gasteiger partial charge in [0.05, 0.1) is 10.6 Å². The molecular weight excluding hydrogens is 279 g/mol. The number of amides is 1. The minimum atomic E-state index is -0.551. The minimum Gasteiger partial charge on any atom is -0.322 e. The molecule has 110 valence electrons. The van der Waals surface area contributed by atoms with Crippen LogP contribution >= 0.6 is 0 Å². The number of carbonyl (C=O) groups excluding carboxylic acids is 1. The molecule has 0 unspecified atom stereocenters. The molecule has 7 nitrogen and oxygen atoms in total. The van der Waals surface area contributed by atoms with Crippen LogP contribution in [0.1, 0.15) is 11.4 Å². The normalized spacial score (nSPS) is 10.4. The Kier molecular flexibility index (Phi) is 3.97. The molecule has 1 aromatic carbocycles. The van der Waals surface area contributed by atoms with E-state index < -0.39 is 16.6 Å². The number of nitrogens with zero attached hydrogens (tertiary/aromatic N) is 3. The molecular formula is C13H13FN4O3. The molecule has 0 fully saturated rings. The molecule has 1 N–H and O–H groups in total. The van der Waals surface area contributed by atoms with Crippen LogP contribution in [0.5, 0.6) is 0 Å². The number of rotatable bonds is 4. The van der Waals surface area contributed by atoms with Crippen molar-refractivity contribution in [3.63, 3.8) is 0 Å². The second-order valence-corrected chi connectivity index (χ2v) is 4.46. The summed E-state index contributed by atoms with van der Waals surface area (Å²) in [5, 5.41) is 17.2. The Morgan fingerprint density at radius 3 is 2.67 bits per heavy atom. The van der Waals surface area contributed by atoms with Gasteiger partial charge in [-0.3, -0.25) is 19.6 Å². The monoisotopic (exact) mass is 292 g/mol. The standard InChI is InChI=1S/C13H13FN4O3/c1-8-13(18(20)21)9(2)17(16-8)7-12(19)15-11-6-4-3-5-10(11)14/h3-6H,7H2,1-2H3,(H,15,19). The van der Waals surface area contributed by atoms with Crippen LogP contribution in [0.25, 0.3) is 0 Å². The van der Waals surface area contributed by atoms with Crippen LogP contribution < -0.4 is 5.32 Å². The fourth-order valence-electron chi connectivity index (χ4n) is 1.99. The second kappa shape index (κ2) is 5.70. The van der Waals surface area contributed by atoms with E-state index in [0.29, 0.717) is 0 Å². The van der Waals surface area contributed by atoms with Crippen LogP contribution in [0.3, 0.4) is 0 Å². The van der Waals surface area contributed by atoms with Gasteiger partial charge in [-0.2, -0.15) is 5.10 Å². The lowest BCUT2D eigenvalue weighted by molar-refractivity contribution is -0.386. The molecule has 2 aromatic rings. The summed E-state index contributed by atoms with van der Waals surface area (Å²) in [5.41, 5.74) is 0.449. The lowest BCUT2D eigenvalue weighted by Crippen LogP contribution is -2.21. The van der Waals surface area contributed by atoms with Crippen LogP contribution in [-0.2, 0) is 11.3 Å². The average molecular weight is 292 g/mol. The third-order valence-corrected chi connectivity index (χ3v) is 2.97. The average Bonchev–Trinajstić information content (AvgIpc) is 2.67. The highest BCUT2D eigenvalue weighted by molar-refractivity contribution is 5.90. The number of hydrogen-bond donors (Lipinski definition) is 1. The number of carbonyl (C=O) groups is 1. The molecule has 8 heteroatoms. The van der Waals surface area contributed by atoms with Gasteiger partial charge in [0.2, 0.25) is 5.91 Å². The lowest BCUT2D eigenvalue weighted by atomic mass is 10.3. The van der Waals surface area contributed by atoms with Crippen molar-refractivity contribution in [3.8, 4) is 0 Å². The van der Waals surface area contributed by atoms with Crippen LogP contribution in [0.4, 0.5) is 15.8 Å². The third-order valence-electron chi connectivity index (χ3n) is 2.97. The molecule has 0 saturated heterocycles. The van der Waals surface area contributed by atoms with Crippen molar-refractivity contribution in [2.75, 3.05) is 5.32 Å². The first-order chi connectivity index (χ1) is 9.90. The van der Waals surface area contributed by atoms with Crippen molar-refractivity contribution in [1.82, 2.24) is 9.78 Å². The molecule has 21 heavy (non-hydrogen) atoms.